The summed E-state index contributed by atoms with van der Waals surface area (Å²) in [5, 5.41) is 2.88. The third kappa shape index (κ3) is 3.42. The van der Waals surface area contributed by atoms with Gasteiger partial charge in [-0.3, -0.25) is 4.79 Å². The van der Waals surface area contributed by atoms with Crippen molar-refractivity contribution in [2.45, 2.75) is 26.2 Å². The number of fused-ring (bicyclic) bond motifs is 1. The summed E-state index contributed by atoms with van der Waals surface area (Å²) in [5.41, 5.74) is 4.12. The number of carbonyl (C=O) groups excluding carboxylic acids is 1. The normalized spacial score (nSPS) is 10.9. The molecule has 23 heavy (non-hydrogen) atoms. The molecule has 0 saturated carbocycles. The van der Waals surface area contributed by atoms with Crippen LogP contribution in [0.4, 0.5) is 5.69 Å². The topological polar surface area (TPSA) is 46.9 Å². The molecule has 2 aromatic carbocycles. The molecule has 1 aromatic heterocycles. The standard InChI is InChI=1S/C19H21N3O/c1-3-19(23)20-15-10-11-17-16(13-15)21-18(22(17)2)12-9-14-7-5-4-6-8-14/h4-8,10-11,13H,3,9,12H2,1-2H3,(H,20,23). The summed E-state index contributed by atoms with van der Waals surface area (Å²) in [6.07, 6.45) is 2.34. The van der Waals surface area contributed by atoms with Gasteiger partial charge in [0.2, 0.25) is 5.91 Å². The first-order valence-electron chi connectivity index (χ1n) is 7.96. The number of hydrogen-bond acceptors (Lipinski definition) is 2. The molecule has 0 atom stereocenters. The van der Waals surface area contributed by atoms with Crippen LogP contribution in [0.1, 0.15) is 24.7 Å². The molecule has 0 fully saturated rings. The summed E-state index contributed by atoms with van der Waals surface area (Å²) in [5.74, 6) is 1.08. The number of imidazole rings is 1. The Balaban J connectivity index is 1.81. The highest BCUT2D eigenvalue weighted by Crippen LogP contribution is 2.20. The van der Waals surface area contributed by atoms with Crippen molar-refractivity contribution < 1.29 is 4.79 Å². The molecule has 3 aromatic rings. The second-order valence-electron chi connectivity index (χ2n) is 5.68. The number of amides is 1. The van der Waals surface area contributed by atoms with Crippen LogP contribution in [0, 0.1) is 0 Å². The summed E-state index contributed by atoms with van der Waals surface area (Å²) >= 11 is 0. The van der Waals surface area contributed by atoms with Crippen LogP contribution >= 0.6 is 0 Å². The van der Waals surface area contributed by atoms with Crippen LogP contribution in [0.15, 0.2) is 48.5 Å². The summed E-state index contributed by atoms with van der Waals surface area (Å²) in [4.78, 5) is 16.2. The highest BCUT2D eigenvalue weighted by atomic mass is 16.1. The lowest BCUT2D eigenvalue weighted by Gasteiger charge is -2.04. The second-order valence-corrected chi connectivity index (χ2v) is 5.68. The van der Waals surface area contributed by atoms with Crippen molar-refractivity contribution in [2.75, 3.05) is 5.32 Å². The lowest BCUT2D eigenvalue weighted by atomic mass is 10.1. The third-order valence-corrected chi connectivity index (χ3v) is 4.06. The van der Waals surface area contributed by atoms with E-state index in [4.69, 9.17) is 4.98 Å². The van der Waals surface area contributed by atoms with E-state index in [0.29, 0.717) is 6.42 Å². The molecule has 0 spiro atoms. The molecule has 4 heteroatoms. The van der Waals surface area contributed by atoms with Gasteiger partial charge in [-0.05, 0) is 30.2 Å². The Labute approximate surface area is 136 Å². The maximum Gasteiger partial charge on any atom is 0.224 e. The Morgan fingerprint density at radius 3 is 2.65 bits per heavy atom. The van der Waals surface area contributed by atoms with Gasteiger partial charge < -0.3 is 9.88 Å². The summed E-state index contributed by atoms with van der Waals surface area (Å²) < 4.78 is 2.13. The molecule has 1 heterocycles. The maximum absolute atomic E-state index is 11.5. The Bertz CT molecular complexity index is 821. The molecule has 4 nitrogen and oxygen atoms in total. The molecule has 118 valence electrons. The average Bonchev–Trinajstić information content (AvgIpc) is 2.89. The quantitative estimate of drug-likeness (QED) is 0.781. The van der Waals surface area contributed by atoms with Crippen molar-refractivity contribution in [3.63, 3.8) is 0 Å². The highest BCUT2D eigenvalue weighted by molar-refractivity contribution is 5.92. The predicted molar refractivity (Wildman–Crippen MR) is 93.5 cm³/mol. The minimum atomic E-state index is 0.0181. The monoisotopic (exact) mass is 307 g/mol. The molecule has 0 bridgehead atoms. The highest BCUT2D eigenvalue weighted by Gasteiger charge is 2.09. The van der Waals surface area contributed by atoms with Gasteiger partial charge >= 0.3 is 0 Å². The number of aryl methyl sites for hydroxylation is 3. The maximum atomic E-state index is 11.5. The zero-order valence-corrected chi connectivity index (χ0v) is 13.5. The van der Waals surface area contributed by atoms with Crippen LogP contribution in [0.25, 0.3) is 11.0 Å². The van der Waals surface area contributed by atoms with Gasteiger partial charge in [0.25, 0.3) is 0 Å². The van der Waals surface area contributed by atoms with Crippen LogP contribution in [0.3, 0.4) is 0 Å². The molecule has 0 aliphatic rings. The zero-order chi connectivity index (χ0) is 16.2. The first-order chi connectivity index (χ1) is 11.2. The van der Waals surface area contributed by atoms with Crippen LogP contribution in [-0.4, -0.2) is 15.5 Å². The van der Waals surface area contributed by atoms with E-state index in [9.17, 15) is 4.79 Å². The van der Waals surface area contributed by atoms with E-state index in [1.807, 2.05) is 38.2 Å². The van der Waals surface area contributed by atoms with Gasteiger partial charge in [-0.25, -0.2) is 4.98 Å². The molecule has 0 saturated heterocycles. The molecule has 0 radical (unpaired) electrons. The molecule has 0 aliphatic carbocycles. The van der Waals surface area contributed by atoms with Crippen LogP contribution in [-0.2, 0) is 24.7 Å². The number of aromatic nitrogens is 2. The Morgan fingerprint density at radius 1 is 1.13 bits per heavy atom. The van der Waals surface area contributed by atoms with Gasteiger partial charge in [0, 0.05) is 25.6 Å². The van der Waals surface area contributed by atoms with E-state index in [1.165, 1.54) is 5.56 Å². The lowest BCUT2D eigenvalue weighted by Crippen LogP contribution is -2.09. The first-order valence-corrected chi connectivity index (χ1v) is 7.96. The van der Waals surface area contributed by atoms with Crippen molar-refractivity contribution in [3.8, 4) is 0 Å². The lowest BCUT2D eigenvalue weighted by molar-refractivity contribution is -0.115. The number of carbonyl (C=O) groups is 1. The third-order valence-electron chi connectivity index (χ3n) is 4.06. The van der Waals surface area contributed by atoms with Crippen molar-refractivity contribution in [1.29, 1.82) is 0 Å². The van der Waals surface area contributed by atoms with E-state index in [0.717, 1.165) is 35.4 Å². The van der Waals surface area contributed by atoms with Crippen LogP contribution < -0.4 is 5.32 Å². The van der Waals surface area contributed by atoms with Crippen molar-refractivity contribution >= 4 is 22.6 Å². The van der Waals surface area contributed by atoms with E-state index in [-0.39, 0.29) is 5.91 Å². The van der Waals surface area contributed by atoms with Gasteiger partial charge in [-0.2, -0.15) is 0 Å². The van der Waals surface area contributed by atoms with Gasteiger partial charge in [-0.1, -0.05) is 37.3 Å². The van der Waals surface area contributed by atoms with E-state index in [2.05, 4.69) is 34.1 Å². The fourth-order valence-electron chi connectivity index (χ4n) is 2.70. The summed E-state index contributed by atoms with van der Waals surface area (Å²) in [7, 11) is 2.04. The zero-order valence-electron chi connectivity index (χ0n) is 13.5. The fraction of sp³-hybridized carbons (Fsp3) is 0.263. The Morgan fingerprint density at radius 2 is 1.91 bits per heavy atom. The molecule has 0 unspecified atom stereocenters. The molecule has 1 amide bonds. The van der Waals surface area contributed by atoms with Crippen LogP contribution in [0.5, 0.6) is 0 Å². The minimum absolute atomic E-state index is 0.0181. The fourth-order valence-corrected chi connectivity index (χ4v) is 2.70. The van der Waals surface area contributed by atoms with Gasteiger partial charge in [-0.15, -0.1) is 0 Å². The van der Waals surface area contributed by atoms with Gasteiger partial charge in [0.05, 0.1) is 11.0 Å². The van der Waals surface area contributed by atoms with E-state index < -0.39 is 0 Å². The molecule has 3 rings (SSSR count). The summed E-state index contributed by atoms with van der Waals surface area (Å²) in [6.45, 7) is 1.84. The smallest absolute Gasteiger partial charge is 0.224 e. The average molecular weight is 307 g/mol. The number of anilines is 1. The van der Waals surface area contributed by atoms with Crippen molar-refractivity contribution in [1.82, 2.24) is 9.55 Å². The largest absolute Gasteiger partial charge is 0.331 e. The van der Waals surface area contributed by atoms with E-state index >= 15 is 0 Å². The molecule has 0 aliphatic heterocycles. The second kappa shape index (κ2) is 6.65. The predicted octanol–water partition coefficient (Wildman–Crippen LogP) is 3.71. The number of nitrogens with zero attached hydrogens (tertiary/aromatic N) is 2. The van der Waals surface area contributed by atoms with Gasteiger partial charge in [0.1, 0.15) is 5.82 Å². The molecular formula is C19H21N3O. The number of nitrogens with one attached hydrogen (secondary N) is 1. The Hall–Kier alpha value is -2.62. The van der Waals surface area contributed by atoms with Crippen LogP contribution in [0.2, 0.25) is 0 Å². The Kier molecular flexibility index (Phi) is 4.42. The van der Waals surface area contributed by atoms with E-state index in [1.54, 1.807) is 0 Å². The van der Waals surface area contributed by atoms with Gasteiger partial charge in [0.15, 0.2) is 0 Å². The van der Waals surface area contributed by atoms with Crippen molar-refractivity contribution in [2.24, 2.45) is 7.05 Å². The number of rotatable bonds is 5. The summed E-state index contributed by atoms with van der Waals surface area (Å²) in [6, 6.07) is 16.3. The first kappa shape index (κ1) is 15.3. The SMILES string of the molecule is CCC(=O)Nc1ccc2c(c1)nc(CCc1ccccc1)n2C. The minimum Gasteiger partial charge on any atom is -0.331 e. The number of benzene rings is 2. The molecule has 1 N–H and O–H groups in total. The van der Waals surface area contributed by atoms with Crippen molar-refractivity contribution in [3.05, 3.63) is 59.9 Å². The number of hydrogen-bond donors (Lipinski definition) is 1. The molecular weight excluding hydrogens is 286 g/mol.